The number of likely N-dealkylation sites (tertiary alicyclic amines) is 1. The number of fused-ring (bicyclic) bond motifs is 1. The number of rotatable bonds is 7. The summed E-state index contributed by atoms with van der Waals surface area (Å²) in [4.78, 5) is 26.7. The molecule has 3 rings (SSSR count). The smallest absolute Gasteiger partial charge is 0.307 e. The molecule has 0 aliphatic carbocycles. The molecule has 1 amide bonds. The van der Waals surface area contributed by atoms with Gasteiger partial charge in [0.2, 0.25) is 10.0 Å². The molecule has 0 bridgehead atoms. The van der Waals surface area contributed by atoms with Crippen molar-refractivity contribution >= 4 is 21.9 Å². The van der Waals surface area contributed by atoms with E-state index in [4.69, 9.17) is 14.2 Å². The van der Waals surface area contributed by atoms with Crippen molar-refractivity contribution in [3.63, 3.8) is 0 Å². The van der Waals surface area contributed by atoms with Crippen molar-refractivity contribution in [3.05, 3.63) is 18.2 Å². The molecule has 1 saturated heterocycles. The van der Waals surface area contributed by atoms with Crippen LogP contribution in [0.25, 0.3) is 0 Å². The average Bonchev–Trinajstić information content (AvgIpc) is 2.73. The highest BCUT2D eigenvalue weighted by atomic mass is 32.2. The van der Waals surface area contributed by atoms with Crippen LogP contribution in [0.1, 0.15) is 46.5 Å². The molecule has 1 aromatic carbocycles. The summed E-state index contributed by atoms with van der Waals surface area (Å²) in [6, 6.07) is 4.55. The van der Waals surface area contributed by atoms with E-state index in [1.54, 1.807) is 11.8 Å². The van der Waals surface area contributed by atoms with Crippen molar-refractivity contribution < 1.29 is 32.2 Å². The van der Waals surface area contributed by atoms with Crippen molar-refractivity contribution in [1.29, 1.82) is 0 Å². The van der Waals surface area contributed by atoms with Crippen LogP contribution in [-0.4, -0.2) is 63.1 Å². The zero-order chi connectivity index (χ0) is 22.6. The fourth-order valence-electron chi connectivity index (χ4n) is 3.93. The van der Waals surface area contributed by atoms with Crippen molar-refractivity contribution in [1.82, 2.24) is 9.62 Å². The van der Waals surface area contributed by atoms with E-state index < -0.39 is 22.1 Å². The second-order valence-electron chi connectivity index (χ2n) is 7.96. The quantitative estimate of drug-likeness (QED) is 0.626. The Morgan fingerprint density at radius 2 is 1.81 bits per heavy atom. The predicted molar refractivity (Wildman–Crippen MR) is 112 cm³/mol. The first-order chi connectivity index (χ1) is 14.7. The Morgan fingerprint density at radius 1 is 1.16 bits per heavy atom. The van der Waals surface area contributed by atoms with Gasteiger partial charge in [-0.25, -0.2) is 13.1 Å². The third-order valence-corrected chi connectivity index (χ3v) is 7.01. The zero-order valence-corrected chi connectivity index (χ0v) is 18.9. The number of ether oxygens (including phenoxy) is 3. The Balaban J connectivity index is 1.49. The summed E-state index contributed by atoms with van der Waals surface area (Å²) in [5.74, 6) is -0.000218. The van der Waals surface area contributed by atoms with Gasteiger partial charge in [0.25, 0.3) is 5.91 Å². The zero-order valence-electron chi connectivity index (χ0n) is 18.1. The van der Waals surface area contributed by atoms with E-state index in [1.165, 1.54) is 18.2 Å². The predicted octanol–water partition coefficient (Wildman–Crippen LogP) is 1.85. The Morgan fingerprint density at radius 3 is 2.48 bits per heavy atom. The fourth-order valence-corrected chi connectivity index (χ4v) is 4.98. The largest absolute Gasteiger partial charge is 0.486 e. The summed E-state index contributed by atoms with van der Waals surface area (Å²) in [5, 5.41) is 0. The van der Waals surface area contributed by atoms with E-state index >= 15 is 0 Å². The molecule has 0 aromatic heterocycles. The molecule has 2 heterocycles. The highest BCUT2D eigenvalue weighted by Crippen LogP contribution is 2.32. The number of benzene rings is 1. The van der Waals surface area contributed by atoms with Crippen molar-refractivity contribution in [2.45, 2.75) is 69.5 Å². The summed E-state index contributed by atoms with van der Waals surface area (Å²) in [7, 11) is -3.83. The minimum atomic E-state index is -3.83. The molecule has 1 fully saturated rings. The summed E-state index contributed by atoms with van der Waals surface area (Å²) in [5.41, 5.74) is 0. The number of nitrogens with one attached hydrogen (secondary N) is 1. The molecular weight excluding hydrogens is 424 g/mol. The second-order valence-corrected chi connectivity index (χ2v) is 9.73. The maximum Gasteiger partial charge on any atom is 0.307 e. The molecule has 10 heteroatoms. The fraction of sp³-hybridized carbons (Fsp3) is 0.619. The number of carbonyl (C=O) groups excluding carboxylic acids is 2. The molecule has 31 heavy (non-hydrogen) atoms. The number of piperidine rings is 1. The van der Waals surface area contributed by atoms with Crippen LogP contribution in [-0.2, 0) is 24.3 Å². The molecule has 9 nitrogen and oxygen atoms in total. The molecule has 0 saturated carbocycles. The molecule has 172 valence electrons. The van der Waals surface area contributed by atoms with Crippen LogP contribution in [0.15, 0.2) is 23.1 Å². The highest BCUT2D eigenvalue weighted by Gasteiger charge is 2.33. The van der Waals surface area contributed by atoms with Crippen LogP contribution < -0.4 is 14.2 Å². The van der Waals surface area contributed by atoms with Gasteiger partial charge in [-0.1, -0.05) is 0 Å². The lowest BCUT2D eigenvalue weighted by Crippen LogP contribution is -2.51. The van der Waals surface area contributed by atoms with E-state index in [2.05, 4.69) is 4.72 Å². The van der Waals surface area contributed by atoms with Gasteiger partial charge in [0.15, 0.2) is 17.6 Å². The molecule has 3 atom stereocenters. The van der Waals surface area contributed by atoms with Crippen LogP contribution in [0.3, 0.4) is 0 Å². The van der Waals surface area contributed by atoms with Gasteiger partial charge in [-0.2, -0.15) is 0 Å². The third kappa shape index (κ3) is 5.68. The molecular formula is C21H30N2O7S. The Hall–Kier alpha value is -2.33. The molecule has 0 unspecified atom stereocenters. The Kier molecular flexibility index (Phi) is 7.42. The Labute approximate surface area is 183 Å². The van der Waals surface area contributed by atoms with Gasteiger partial charge in [-0.05, 0) is 52.2 Å². The van der Waals surface area contributed by atoms with Gasteiger partial charge in [0.05, 0.1) is 11.3 Å². The molecule has 2 aliphatic rings. The van der Waals surface area contributed by atoms with Crippen molar-refractivity contribution in [2.75, 3.05) is 19.8 Å². The first kappa shape index (κ1) is 23.3. The van der Waals surface area contributed by atoms with E-state index in [-0.39, 0.29) is 35.9 Å². The van der Waals surface area contributed by atoms with E-state index in [0.717, 1.165) is 19.3 Å². The number of nitrogens with zero attached hydrogens (tertiary/aromatic N) is 1. The molecule has 1 aromatic rings. The number of esters is 1. The number of hydrogen-bond acceptors (Lipinski definition) is 7. The Bertz CT molecular complexity index is 908. The summed E-state index contributed by atoms with van der Waals surface area (Å²) >= 11 is 0. The summed E-state index contributed by atoms with van der Waals surface area (Å²) < 4.78 is 43.4. The second kappa shape index (κ2) is 9.86. The standard InChI is InChI=1S/C21H30N2O7S/c1-14-5-4-6-15(2)23(14)21(25)16(3)30-20(24)9-10-22-31(26,27)17-7-8-18-19(13-17)29-12-11-28-18/h7-8,13-16,22H,4-6,9-12H2,1-3H3/t14-,15-,16-/m0/s1. The molecule has 1 N–H and O–H groups in total. The normalized spacial score (nSPS) is 22.0. The molecule has 0 radical (unpaired) electrons. The SMILES string of the molecule is C[C@H](OC(=O)CCNS(=O)(=O)c1ccc2c(c1)OCCO2)C(=O)N1[C@@H](C)CCC[C@@H]1C. The van der Waals surface area contributed by atoms with Crippen LogP contribution in [0, 0.1) is 0 Å². The first-order valence-corrected chi connectivity index (χ1v) is 12.1. The monoisotopic (exact) mass is 454 g/mol. The summed E-state index contributed by atoms with van der Waals surface area (Å²) in [6.07, 6.45) is 1.83. The summed E-state index contributed by atoms with van der Waals surface area (Å²) in [6.45, 7) is 6.15. The van der Waals surface area contributed by atoms with Gasteiger partial charge in [0.1, 0.15) is 13.2 Å². The van der Waals surface area contributed by atoms with Crippen LogP contribution in [0.4, 0.5) is 0 Å². The minimum absolute atomic E-state index is 0.0155. The maximum absolute atomic E-state index is 12.7. The lowest BCUT2D eigenvalue weighted by atomic mass is 9.97. The van der Waals surface area contributed by atoms with Crippen molar-refractivity contribution in [3.8, 4) is 11.5 Å². The van der Waals surface area contributed by atoms with E-state index in [1.807, 2.05) is 13.8 Å². The van der Waals surface area contributed by atoms with Crippen LogP contribution >= 0.6 is 0 Å². The van der Waals surface area contributed by atoms with Crippen molar-refractivity contribution in [2.24, 2.45) is 0 Å². The molecule has 0 spiro atoms. The van der Waals surface area contributed by atoms with Gasteiger partial charge in [-0.15, -0.1) is 0 Å². The maximum atomic E-state index is 12.7. The van der Waals surface area contributed by atoms with Gasteiger partial charge >= 0.3 is 5.97 Å². The number of sulfonamides is 1. The number of amides is 1. The topological polar surface area (TPSA) is 111 Å². The average molecular weight is 455 g/mol. The van der Waals surface area contributed by atoms with Gasteiger partial charge in [0, 0.05) is 24.7 Å². The van der Waals surface area contributed by atoms with E-state index in [0.29, 0.717) is 24.7 Å². The van der Waals surface area contributed by atoms with Gasteiger partial charge in [-0.3, -0.25) is 9.59 Å². The lowest BCUT2D eigenvalue weighted by Gasteiger charge is -2.40. The number of hydrogen-bond donors (Lipinski definition) is 1. The van der Waals surface area contributed by atoms with Crippen LogP contribution in [0.2, 0.25) is 0 Å². The van der Waals surface area contributed by atoms with Crippen LogP contribution in [0.5, 0.6) is 11.5 Å². The number of carbonyl (C=O) groups is 2. The molecule has 2 aliphatic heterocycles. The minimum Gasteiger partial charge on any atom is -0.486 e. The third-order valence-electron chi connectivity index (χ3n) is 5.55. The highest BCUT2D eigenvalue weighted by molar-refractivity contribution is 7.89. The van der Waals surface area contributed by atoms with E-state index in [9.17, 15) is 18.0 Å². The van der Waals surface area contributed by atoms with Gasteiger partial charge < -0.3 is 19.1 Å². The first-order valence-electron chi connectivity index (χ1n) is 10.6. The lowest BCUT2D eigenvalue weighted by molar-refractivity contribution is -0.162.